The van der Waals surface area contributed by atoms with E-state index in [4.69, 9.17) is 9.97 Å². The molecule has 4 rings (SSSR count). The number of hydrogen-bond donors (Lipinski definition) is 1. The summed E-state index contributed by atoms with van der Waals surface area (Å²) in [5.41, 5.74) is 4.89. The number of nitrogens with one attached hydrogen (secondary N) is 1. The van der Waals surface area contributed by atoms with E-state index in [-0.39, 0.29) is 11.9 Å². The number of unbranched alkanes of at least 4 members (excludes halogenated alkanes) is 1. The zero-order valence-electron chi connectivity index (χ0n) is 24.6. The Kier molecular flexibility index (Phi) is 10.9. The van der Waals surface area contributed by atoms with Crippen LogP contribution in [0.25, 0.3) is 10.9 Å². The van der Waals surface area contributed by atoms with Crippen LogP contribution in [0.5, 0.6) is 0 Å². The molecule has 1 aromatic carbocycles. The van der Waals surface area contributed by atoms with Gasteiger partial charge in [0, 0.05) is 55.5 Å². The summed E-state index contributed by atoms with van der Waals surface area (Å²) in [4.78, 5) is 27.9. The maximum Gasteiger partial charge on any atom is 0.224 e. The monoisotopic (exact) mass is 549 g/mol. The van der Waals surface area contributed by atoms with Crippen LogP contribution in [0.15, 0.2) is 35.8 Å². The number of carbonyl (C=O) groups excluding carboxylic acids is 1. The van der Waals surface area contributed by atoms with E-state index in [2.05, 4.69) is 68.4 Å². The van der Waals surface area contributed by atoms with E-state index in [1.54, 1.807) is 11.3 Å². The number of nitrogens with zero attached hydrogens (tertiary/aromatic N) is 4. The van der Waals surface area contributed by atoms with Gasteiger partial charge in [-0.15, -0.1) is 11.3 Å². The molecular formula is C32H47N5OS. The van der Waals surface area contributed by atoms with E-state index < -0.39 is 0 Å². The quantitative estimate of drug-likeness (QED) is 0.262. The van der Waals surface area contributed by atoms with E-state index in [1.807, 2.05) is 17.2 Å². The molecule has 1 amide bonds. The second-order valence-electron chi connectivity index (χ2n) is 11.5. The van der Waals surface area contributed by atoms with Gasteiger partial charge in [0.15, 0.2) is 0 Å². The van der Waals surface area contributed by atoms with Gasteiger partial charge in [-0.25, -0.2) is 4.98 Å². The zero-order valence-corrected chi connectivity index (χ0v) is 25.4. The highest BCUT2D eigenvalue weighted by Crippen LogP contribution is 2.31. The Hall–Kier alpha value is -2.35. The molecule has 1 saturated heterocycles. The van der Waals surface area contributed by atoms with Crippen LogP contribution in [0.1, 0.15) is 100 Å². The minimum Gasteiger partial charge on any atom is -0.340 e. The van der Waals surface area contributed by atoms with Crippen LogP contribution < -0.4 is 5.32 Å². The van der Waals surface area contributed by atoms with Crippen molar-refractivity contribution in [3.8, 4) is 0 Å². The standard InChI is InChI=1S/C32H47N5OS/c1-6-7-15-36(16-9-11-26-20-27(23(2)3)19-25-10-8-12-34-31(25)26)29(28-22-39-32(35-28)24(4)5)21-30(38)37-17-13-33-14-18-37/h8,10,12,19-20,22-24,29,33H,6-7,9,11,13-18,21H2,1-5H3. The summed E-state index contributed by atoms with van der Waals surface area (Å²) < 4.78 is 0. The fourth-order valence-electron chi connectivity index (χ4n) is 5.42. The number of thiazole rings is 1. The molecule has 212 valence electrons. The fraction of sp³-hybridized carbons (Fsp3) is 0.594. The van der Waals surface area contributed by atoms with Gasteiger partial charge in [-0.3, -0.25) is 14.7 Å². The normalized spacial score (nSPS) is 15.1. The summed E-state index contributed by atoms with van der Waals surface area (Å²) in [6.45, 7) is 16.4. The number of hydrogen-bond acceptors (Lipinski definition) is 6. The van der Waals surface area contributed by atoms with Crippen molar-refractivity contribution in [2.24, 2.45) is 0 Å². The molecule has 0 spiro atoms. The molecule has 1 atom stereocenters. The largest absolute Gasteiger partial charge is 0.340 e. The van der Waals surface area contributed by atoms with Gasteiger partial charge >= 0.3 is 0 Å². The topological polar surface area (TPSA) is 61.4 Å². The molecule has 1 aliphatic heterocycles. The molecule has 6 nitrogen and oxygen atoms in total. The third-order valence-corrected chi connectivity index (χ3v) is 8.98. The predicted molar refractivity (Wildman–Crippen MR) is 164 cm³/mol. The number of aryl methyl sites for hydroxylation is 1. The Balaban J connectivity index is 1.56. The van der Waals surface area contributed by atoms with Crippen molar-refractivity contribution in [2.75, 3.05) is 39.3 Å². The van der Waals surface area contributed by atoms with Gasteiger partial charge in [-0.1, -0.05) is 53.2 Å². The number of fused-ring (bicyclic) bond motifs is 1. The minimum atomic E-state index is 0.0135. The first-order chi connectivity index (χ1) is 18.9. The first kappa shape index (κ1) is 29.6. The molecule has 1 aliphatic rings. The molecule has 1 N–H and O–H groups in total. The number of piperazine rings is 1. The van der Waals surface area contributed by atoms with E-state index in [0.717, 1.165) is 81.2 Å². The Morgan fingerprint density at radius 1 is 1.10 bits per heavy atom. The van der Waals surface area contributed by atoms with Crippen molar-refractivity contribution < 1.29 is 4.79 Å². The van der Waals surface area contributed by atoms with Crippen molar-refractivity contribution in [1.29, 1.82) is 0 Å². The lowest BCUT2D eigenvalue weighted by atomic mass is 9.95. The molecule has 2 aromatic heterocycles. The van der Waals surface area contributed by atoms with Gasteiger partial charge in [0.1, 0.15) is 0 Å². The lowest BCUT2D eigenvalue weighted by Crippen LogP contribution is -2.47. The smallest absolute Gasteiger partial charge is 0.224 e. The minimum absolute atomic E-state index is 0.0135. The van der Waals surface area contributed by atoms with Crippen LogP contribution in [-0.4, -0.2) is 64.9 Å². The summed E-state index contributed by atoms with van der Waals surface area (Å²) >= 11 is 1.74. The second-order valence-corrected chi connectivity index (χ2v) is 12.4. The van der Waals surface area contributed by atoms with Gasteiger partial charge in [0.25, 0.3) is 0 Å². The lowest BCUT2D eigenvalue weighted by Gasteiger charge is -2.34. The number of benzene rings is 1. The Morgan fingerprint density at radius 2 is 1.87 bits per heavy atom. The zero-order chi connectivity index (χ0) is 27.8. The highest BCUT2D eigenvalue weighted by atomic mass is 32.1. The molecule has 3 heterocycles. The van der Waals surface area contributed by atoms with Crippen LogP contribution in [-0.2, 0) is 11.2 Å². The van der Waals surface area contributed by atoms with Crippen LogP contribution in [0.2, 0.25) is 0 Å². The first-order valence-electron chi connectivity index (χ1n) is 14.9. The molecule has 7 heteroatoms. The van der Waals surface area contributed by atoms with E-state index in [9.17, 15) is 4.79 Å². The van der Waals surface area contributed by atoms with Crippen molar-refractivity contribution in [3.05, 3.63) is 57.7 Å². The molecule has 0 aliphatic carbocycles. The molecule has 1 unspecified atom stereocenters. The first-order valence-corrected chi connectivity index (χ1v) is 15.8. The SMILES string of the molecule is CCCCN(CCCc1cc(C(C)C)cc2cccnc12)C(CC(=O)N1CCNCC1)c1csc(C(C)C)n1. The molecule has 39 heavy (non-hydrogen) atoms. The van der Waals surface area contributed by atoms with Crippen molar-refractivity contribution in [2.45, 2.75) is 84.6 Å². The second kappa shape index (κ2) is 14.3. The Bertz CT molecular complexity index is 1200. The molecule has 1 fully saturated rings. The summed E-state index contributed by atoms with van der Waals surface area (Å²) in [6.07, 6.45) is 6.65. The lowest BCUT2D eigenvalue weighted by molar-refractivity contribution is -0.133. The molecule has 0 bridgehead atoms. The number of carbonyl (C=O) groups is 1. The Morgan fingerprint density at radius 3 is 2.56 bits per heavy atom. The molecule has 0 saturated carbocycles. The third-order valence-electron chi connectivity index (χ3n) is 7.82. The number of pyridine rings is 1. The van der Waals surface area contributed by atoms with Gasteiger partial charge in [-0.05, 0) is 61.5 Å². The maximum absolute atomic E-state index is 13.5. The number of amides is 1. The van der Waals surface area contributed by atoms with Crippen LogP contribution in [0.3, 0.4) is 0 Å². The highest BCUT2D eigenvalue weighted by molar-refractivity contribution is 7.09. The summed E-state index contributed by atoms with van der Waals surface area (Å²) in [5, 5.41) is 7.95. The van der Waals surface area contributed by atoms with E-state index >= 15 is 0 Å². The third kappa shape index (κ3) is 7.86. The van der Waals surface area contributed by atoms with Gasteiger partial charge in [-0.2, -0.15) is 0 Å². The molecule has 0 radical (unpaired) electrons. The van der Waals surface area contributed by atoms with Gasteiger partial charge < -0.3 is 10.2 Å². The Labute approximate surface area is 239 Å². The van der Waals surface area contributed by atoms with Gasteiger partial charge in [0.05, 0.1) is 22.3 Å². The van der Waals surface area contributed by atoms with E-state index in [1.165, 1.54) is 16.5 Å². The van der Waals surface area contributed by atoms with Crippen molar-refractivity contribution in [1.82, 2.24) is 25.1 Å². The maximum atomic E-state index is 13.5. The predicted octanol–water partition coefficient (Wildman–Crippen LogP) is 6.54. The van der Waals surface area contributed by atoms with Crippen LogP contribution in [0.4, 0.5) is 0 Å². The summed E-state index contributed by atoms with van der Waals surface area (Å²) in [6, 6.07) is 8.87. The summed E-state index contributed by atoms with van der Waals surface area (Å²) in [7, 11) is 0. The van der Waals surface area contributed by atoms with Gasteiger partial charge in [0.2, 0.25) is 5.91 Å². The van der Waals surface area contributed by atoms with Crippen LogP contribution in [0, 0.1) is 0 Å². The van der Waals surface area contributed by atoms with Crippen LogP contribution >= 0.6 is 11.3 Å². The van der Waals surface area contributed by atoms with Crippen molar-refractivity contribution in [3.63, 3.8) is 0 Å². The average Bonchev–Trinajstić information content (AvgIpc) is 3.44. The summed E-state index contributed by atoms with van der Waals surface area (Å²) in [5.74, 6) is 1.13. The number of aromatic nitrogens is 2. The average molecular weight is 550 g/mol. The number of rotatable bonds is 13. The van der Waals surface area contributed by atoms with E-state index in [0.29, 0.717) is 18.3 Å². The fourth-order valence-corrected chi connectivity index (χ4v) is 6.30. The van der Waals surface area contributed by atoms with Crippen molar-refractivity contribution >= 4 is 28.1 Å². The molecule has 3 aromatic rings. The highest BCUT2D eigenvalue weighted by Gasteiger charge is 2.28. The molecular weight excluding hydrogens is 502 g/mol.